The van der Waals surface area contributed by atoms with Gasteiger partial charge in [0.1, 0.15) is 12.6 Å². The Labute approximate surface area is 271 Å². The van der Waals surface area contributed by atoms with Crippen LogP contribution in [0, 0.1) is 0 Å². The van der Waals surface area contributed by atoms with Crippen LogP contribution in [0.4, 0.5) is 8.78 Å². The van der Waals surface area contributed by atoms with Crippen LogP contribution in [0.1, 0.15) is 41.0 Å². The summed E-state index contributed by atoms with van der Waals surface area (Å²) in [5.74, 6) is -1.65. The highest BCUT2D eigenvalue weighted by atomic mass is 79.9. The van der Waals surface area contributed by atoms with E-state index in [0.29, 0.717) is 16.5 Å². The minimum absolute atomic E-state index is 0.0367. The Kier molecular flexibility index (Phi) is 8.65. The van der Waals surface area contributed by atoms with Crippen LogP contribution in [0.15, 0.2) is 82.4 Å². The molecule has 11 nitrogen and oxygen atoms in total. The van der Waals surface area contributed by atoms with Crippen LogP contribution >= 0.6 is 15.9 Å². The SMILES string of the molecule is C[C@@H](NC(=O)C1CC(OC(F)F)CN1C(=O)CN1Cc2cc(Br)ccc2C1=O)c1cc2cnccc2n1S(=O)(=O)c1ccccc1. The summed E-state index contributed by atoms with van der Waals surface area (Å²) in [6.07, 6.45) is 1.61. The number of amides is 3. The van der Waals surface area contributed by atoms with Crippen molar-refractivity contribution in [3.63, 3.8) is 0 Å². The topological polar surface area (TPSA) is 131 Å². The first-order chi connectivity index (χ1) is 21.9. The van der Waals surface area contributed by atoms with Crippen LogP contribution in [0.3, 0.4) is 0 Å². The quantitative estimate of drug-likeness (QED) is 0.277. The summed E-state index contributed by atoms with van der Waals surface area (Å²) in [7, 11) is -4.11. The van der Waals surface area contributed by atoms with E-state index in [1.54, 1.807) is 55.5 Å². The number of nitrogens with zero attached hydrogens (tertiary/aromatic N) is 4. The van der Waals surface area contributed by atoms with Gasteiger partial charge in [0, 0.05) is 47.3 Å². The number of nitrogens with one attached hydrogen (secondary N) is 1. The molecule has 15 heteroatoms. The minimum Gasteiger partial charge on any atom is -0.346 e. The van der Waals surface area contributed by atoms with Crippen molar-refractivity contribution < 1.29 is 36.3 Å². The Morgan fingerprint density at radius 1 is 1.13 bits per heavy atom. The molecule has 1 saturated heterocycles. The van der Waals surface area contributed by atoms with Crippen molar-refractivity contribution >= 4 is 54.6 Å². The summed E-state index contributed by atoms with van der Waals surface area (Å²) < 4.78 is 60.6. The van der Waals surface area contributed by atoms with E-state index >= 15 is 0 Å². The third kappa shape index (κ3) is 6.01. The molecule has 46 heavy (non-hydrogen) atoms. The van der Waals surface area contributed by atoms with Gasteiger partial charge in [-0.2, -0.15) is 8.78 Å². The molecule has 0 bridgehead atoms. The number of hydrogen-bond donors (Lipinski definition) is 1. The van der Waals surface area contributed by atoms with Gasteiger partial charge < -0.3 is 19.9 Å². The van der Waals surface area contributed by atoms with Gasteiger partial charge >= 0.3 is 6.61 Å². The minimum atomic E-state index is -4.11. The van der Waals surface area contributed by atoms with Crippen molar-refractivity contribution in [2.75, 3.05) is 13.1 Å². The Balaban J connectivity index is 1.25. The van der Waals surface area contributed by atoms with E-state index < -0.39 is 46.6 Å². The zero-order valence-corrected chi connectivity index (χ0v) is 26.7. The second kappa shape index (κ2) is 12.5. The fourth-order valence-electron chi connectivity index (χ4n) is 6.00. The molecule has 4 aromatic rings. The van der Waals surface area contributed by atoms with Crippen molar-refractivity contribution in [2.24, 2.45) is 0 Å². The number of pyridine rings is 1. The Morgan fingerprint density at radius 3 is 2.63 bits per heavy atom. The molecule has 4 heterocycles. The van der Waals surface area contributed by atoms with Gasteiger partial charge in [0.15, 0.2) is 0 Å². The molecule has 2 aliphatic rings. The molecule has 6 rings (SSSR count). The van der Waals surface area contributed by atoms with Gasteiger partial charge in [0.05, 0.1) is 28.3 Å². The van der Waals surface area contributed by atoms with Crippen LogP contribution in [0.5, 0.6) is 0 Å². The van der Waals surface area contributed by atoms with Crippen LogP contribution in [-0.2, 0) is 30.9 Å². The third-order valence-electron chi connectivity index (χ3n) is 8.12. The van der Waals surface area contributed by atoms with Crippen LogP contribution in [0.25, 0.3) is 10.9 Å². The number of aromatic nitrogens is 2. The molecule has 3 amide bonds. The smallest absolute Gasteiger partial charge is 0.345 e. The number of benzene rings is 2. The fraction of sp³-hybridized carbons (Fsp3) is 0.290. The molecule has 2 aromatic carbocycles. The largest absolute Gasteiger partial charge is 0.346 e. The van der Waals surface area contributed by atoms with Crippen molar-refractivity contribution in [3.05, 3.63) is 94.4 Å². The molecular weight excluding hydrogens is 688 g/mol. The zero-order valence-electron chi connectivity index (χ0n) is 24.3. The first-order valence-corrected chi connectivity index (χ1v) is 16.5. The first-order valence-electron chi connectivity index (χ1n) is 14.3. The molecule has 2 aliphatic heterocycles. The maximum absolute atomic E-state index is 13.8. The maximum atomic E-state index is 13.8. The van der Waals surface area contributed by atoms with Crippen molar-refractivity contribution in [1.82, 2.24) is 24.1 Å². The number of carbonyl (C=O) groups excluding carboxylic acids is 3. The number of likely N-dealkylation sites (tertiary alicyclic amines) is 1. The number of carbonyl (C=O) groups is 3. The van der Waals surface area contributed by atoms with Gasteiger partial charge in [-0.1, -0.05) is 34.1 Å². The number of fused-ring (bicyclic) bond motifs is 2. The van der Waals surface area contributed by atoms with E-state index in [2.05, 4.69) is 31.0 Å². The first kappa shape index (κ1) is 31.8. The molecule has 240 valence electrons. The highest BCUT2D eigenvalue weighted by Crippen LogP contribution is 2.31. The molecule has 2 unspecified atom stereocenters. The van der Waals surface area contributed by atoms with Crippen LogP contribution in [0.2, 0.25) is 0 Å². The number of alkyl halides is 2. The summed E-state index contributed by atoms with van der Waals surface area (Å²) >= 11 is 3.37. The van der Waals surface area contributed by atoms with Gasteiger partial charge in [0.2, 0.25) is 11.8 Å². The van der Waals surface area contributed by atoms with E-state index in [1.807, 2.05) is 0 Å². The van der Waals surface area contributed by atoms with E-state index in [-0.39, 0.29) is 42.6 Å². The fourth-order valence-corrected chi connectivity index (χ4v) is 8.03. The van der Waals surface area contributed by atoms with Crippen LogP contribution in [-0.4, -0.2) is 76.7 Å². The molecule has 0 saturated carbocycles. The highest BCUT2D eigenvalue weighted by Gasteiger charge is 2.43. The van der Waals surface area contributed by atoms with E-state index in [9.17, 15) is 31.6 Å². The second-order valence-corrected chi connectivity index (χ2v) is 13.8. The van der Waals surface area contributed by atoms with E-state index in [0.717, 1.165) is 18.9 Å². The zero-order chi connectivity index (χ0) is 32.7. The molecule has 0 aliphatic carbocycles. The number of rotatable bonds is 9. The number of hydrogen-bond acceptors (Lipinski definition) is 7. The summed E-state index contributed by atoms with van der Waals surface area (Å²) in [6, 6.07) is 14.0. The number of halogens is 3. The molecular formula is C31H28BrF2N5O6S. The van der Waals surface area contributed by atoms with Gasteiger partial charge in [-0.15, -0.1) is 0 Å². The van der Waals surface area contributed by atoms with Gasteiger partial charge in [0.25, 0.3) is 15.9 Å². The lowest BCUT2D eigenvalue weighted by atomic mass is 10.1. The van der Waals surface area contributed by atoms with E-state index in [1.165, 1.54) is 29.4 Å². The second-order valence-electron chi connectivity index (χ2n) is 11.1. The molecule has 1 N–H and O–H groups in total. The third-order valence-corrected chi connectivity index (χ3v) is 10.4. The monoisotopic (exact) mass is 715 g/mol. The average Bonchev–Trinajstić information content (AvgIpc) is 3.71. The molecule has 1 fully saturated rings. The van der Waals surface area contributed by atoms with Gasteiger partial charge in [-0.05, 0) is 55.0 Å². The van der Waals surface area contributed by atoms with Crippen molar-refractivity contribution in [1.29, 1.82) is 0 Å². The lowest BCUT2D eigenvalue weighted by molar-refractivity contribution is -0.160. The molecule has 0 spiro atoms. The summed E-state index contributed by atoms with van der Waals surface area (Å²) in [5, 5.41) is 3.30. The van der Waals surface area contributed by atoms with Gasteiger partial charge in [-0.25, -0.2) is 12.4 Å². The molecule has 3 atom stereocenters. The Morgan fingerprint density at radius 2 is 1.89 bits per heavy atom. The lowest BCUT2D eigenvalue weighted by Crippen LogP contribution is -2.49. The average molecular weight is 717 g/mol. The van der Waals surface area contributed by atoms with Crippen LogP contribution < -0.4 is 5.32 Å². The van der Waals surface area contributed by atoms with Gasteiger partial charge in [-0.3, -0.25) is 19.4 Å². The Bertz CT molecular complexity index is 1940. The maximum Gasteiger partial charge on any atom is 0.345 e. The lowest BCUT2D eigenvalue weighted by Gasteiger charge is -2.27. The molecule has 2 aromatic heterocycles. The summed E-state index contributed by atoms with van der Waals surface area (Å²) in [4.78, 5) is 46.8. The highest BCUT2D eigenvalue weighted by molar-refractivity contribution is 9.10. The van der Waals surface area contributed by atoms with Crippen molar-refractivity contribution in [2.45, 2.75) is 49.6 Å². The van der Waals surface area contributed by atoms with Crippen molar-refractivity contribution in [3.8, 4) is 0 Å². The summed E-state index contributed by atoms with van der Waals surface area (Å²) in [6.45, 7) is -2.02. The summed E-state index contributed by atoms with van der Waals surface area (Å²) in [5.41, 5.74) is 1.76. The predicted molar refractivity (Wildman–Crippen MR) is 165 cm³/mol. The number of ether oxygens (including phenoxy) is 1. The normalized spacial score (nSPS) is 18.8. The predicted octanol–water partition coefficient (Wildman–Crippen LogP) is 4.08. The standard InChI is InChI=1S/C31H28BrF2N5O6S/c1-18(26-12-19-14-35-10-9-25(19)39(26)46(43,44)23-5-3-2-4-6-23)36-29(41)27-13-22(45-31(33)34)16-38(27)28(40)17-37-15-20-11-21(32)7-8-24(20)30(37)42/h2-12,14,18,22,27,31H,13,15-17H2,1H3,(H,36,41)/t18-,22?,27?/m1/s1. The van der Waals surface area contributed by atoms with E-state index in [4.69, 9.17) is 0 Å². The Hall–Kier alpha value is -4.21. The molecule has 0 radical (unpaired) electrons.